The highest BCUT2D eigenvalue weighted by atomic mass is 35.5. The van der Waals surface area contributed by atoms with Gasteiger partial charge in [0.15, 0.2) is 0 Å². The summed E-state index contributed by atoms with van der Waals surface area (Å²) in [4.78, 5) is 0. The summed E-state index contributed by atoms with van der Waals surface area (Å²) in [7, 11) is 0. The van der Waals surface area contributed by atoms with Crippen LogP contribution in [0.15, 0.2) is 35.0 Å². The third-order valence-electron chi connectivity index (χ3n) is 2.39. The molecule has 0 radical (unpaired) electrons. The van der Waals surface area contributed by atoms with Crippen LogP contribution < -0.4 is 5.73 Å². The molecule has 0 aliphatic heterocycles. The van der Waals surface area contributed by atoms with Crippen molar-refractivity contribution < 1.29 is 4.39 Å². The molecule has 0 unspecified atom stereocenters. The molecule has 4 heteroatoms. The van der Waals surface area contributed by atoms with E-state index < -0.39 is 0 Å². The van der Waals surface area contributed by atoms with Crippen LogP contribution in [0.5, 0.6) is 0 Å². The zero-order valence-electron chi connectivity index (χ0n) is 8.81. The number of rotatable bonds is 2. The number of thiophene rings is 1. The molecule has 0 aliphatic rings. The maximum Gasteiger partial charge on any atom is 0.128 e. The summed E-state index contributed by atoms with van der Waals surface area (Å²) in [6.07, 6.45) is 0. The predicted molar refractivity (Wildman–Crippen MR) is 68.7 cm³/mol. The first-order chi connectivity index (χ1) is 7.18. The monoisotopic (exact) mass is 257 g/mol. The van der Waals surface area contributed by atoms with E-state index in [1.807, 2.05) is 29.8 Å². The van der Waals surface area contributed by atoms with Gasteiger partial charge in [-0.05, 0) is 40.9 Å². The molecule has 0 saturated heterocycles. The summed E-state index contributed by atoms with van der Waals surface area (Å²) in [5.74, 6) is -0.228. The first-order valence-corrected chi connectivity index (χ1v) is 5.66. The highest BCUT2D eigenvalue weighted by Crippen LogP contribution is 2.24. The van der Waals surface area contributed by atoms with Crippen LogP contribution in [0, 0.1) is 12.7 Å². The van der Waals surface area contributed by atoms with E-state index in [4.69, 9.17) is 5.73 Å². The number of nitrogens with two attached hydrogens (primary N) is 1. The lowest BCUT2D eigenvalue weighted by Gasteiger charge is -2.11. The van der Waals surface area contributed by atoms with E-state index in [1.54, 1.807) is 17.4 Å². The van der Waals surface area contributed by atoms with Gasteiger partial charge in [0.25, 0.3) is 0 Å². The minimum Gasteiger partial charge on any atom is -0.320 e. The van der Waals surface area contributed by atoms with Crippen molar-refractivity contribution in [2.45, 2.75) is 13.0 Å². The lowest BCUT2D eigenvalue weighted by Crippen LogP contribution is -2.12. The Morgan fingerprint density at radius 3 is 2.62 bits per heavy atom. The van der Waals surface area contributed by atoms with Crippen molar-refractivity contribution in [3.63, 3.8) is 0 Å². The summed E-state index contributed by atoms with van der Waals surface area (Å²) in [6, 6.07) is 6.71. The van der Waals surface area contributed by atoms with Crippen molar-refractivity contribution in [3.8, 4) is 0 Å². The topological polar surface area (TPSA) is 26.0 Å². The van der Waals surface area contributed by atoms with E-state index in [9.17, 15) is 4.39 Å². The van der Waals surface area contributed by atoms with Gasteiger partial charge in [0.05, 0.1) is 6.04 Å². The van der Waals surface area contributed by atoms with Crippen LogP contribution in [0.3, 0.4) is 0 Å². The van der Waals surface area contributed by atoms with E-state index in [0.717, 1.165) is 11.1 Å². The largest absolute Gasteiger partial charge is 0.320 e. The summed E-state index contributed by atoms with van der Waals surface area (Å²) in [5.41, 5.74) is 8.40. The Balaban J connectivity index is 0.00000128. The van der Waals surface area contributed by atoms with Crippen molar-refractivity contribution in [2.24, 2.45) is 5.73 Å². The molecular formula is C12H13ClFNS. The highest BCUT2D eigenvalue weighted by molar-refractivity contribution is 7.08. The minimum absolute atomic E-state index is 0. The molecule has 0 aliphatic carbocycles. The molecule has 2 N–H and O–H groups in total. The molecule has 1 atom stereocenters. The molecule has 86 valence electrons. The first kappa shape index (κ1) is 13.2. The van der Waals surface area contributed by atoms with E-state index in [1.165, 1.54) is 6.07 Å². The van der Waals surface area contributed by atoms with Crippen molar-refractivity contribution in [2.75, 3.05) is 0 Å². The molecule has 1 nitrogen and oxygen atoms in total. The molecule has 2 aromatic rings. The Hall–Kier alpha value is -0.900. The summed E-state index contributed by atoms with van der Waals surface area (Å²) in [5, 5.41) is 3.89. The molecular weight excluding hydrogens is 245 g/mol. The fraction of sp³-hybridized carbons (Fsp3) is 0.167. The Kier molecular flexibility index (Phi) is 4.47. The normalized spacial score (nSPS) is 11.9. The summed E-state index contributed by atoms with van der Waals surface area (Å²) in [6.45, 7) is 1.86. The van der Waals surface area contributed by atoms with Gasteiger partial charge in [0.2, 0.25) is 0 Å². The standard InChI is InChI=1S/C12H12FNS.ClH/c1-8-2-3-10(11(13)6-8)12(14)9-4-5-15-7-9;/h2-7,12H,14H2,1H3;1H/t12-;/m0./s1. The Morgan fingerprint density at radius 1 is 1.31 bits per heavy atom. The molecule has 0 fully saturated rings. The average Bonchev–Trinajstić information content (AvgIpc) is 2.69. The number of halogens is 2. The second-order valence-corrected chi connectivity index (χ2v) is 4.34. The second-order valence-electron chi connectivity index (χ2n) is 3.56. The summed E-state index contributed by atoms with van der Waals surface area (Å²) < 4.78 is 13.6. The smallest absolute Gasteiger partial charge is 0.128 e. The van der Waals surface area contributed by atoms with Crippen LogP contribution in [0.2, 0.25) is 0 Å². The Labute approximate surface area is 105 Å². The number of benzene rings is 1. The van der Waals surface area contributed by atoms with E-state index in [0.29, 0.717) is 5.56 Å². The average molecular weight is 258 g/mol. The molecule has 0 amide bonds. The molecule has 0 bridgehead atoms. The van der Waals surface area contributed by atoms with E-state index in [-0.39, 0.29) is 24.3 Å². The first-order valence-electron chi connectivity index (χ1n) is 4.72. The van der Waals surface area contributed by atoms with Crippen LogP contribution in [-0.2, 0) is 0 Å². The highest BCUT2D eigenvalue weighted by Gasteiger charge is 2.13. The Morgan fingerprint density at radius 2 is 2.06 bits per heavy atom. The van der Waals surface area contributed by atoms with Gasteiger partial charge < -0.3 is 5.73 Å². The summed E-state index contributed by atoms with van der Waals surface area (Å²) >= 11 is 1.57. The van der Waals surface area contributed by atoms with Gasteiger partial charge in [0, 0.05) is 5.56 Å². The van der Waals surface area contributed by atoms with Gasteiger partial charge in [-0.3, -0.25) is 0 Å². The van der Waals surface area contributed by atoms with Crippen LogP contribution in [0.4, 0.5) is 4.39 Å². The molecule has 0 saturated carbocycles. The fourth-order valence-electron chi connectivity index (χ4n) is 1.52. The maximum atomic E-state index is 13.6. The predicted octanol–water partition coefficient (Wildman–Crippen LogP) is 3.67. The molecule has 1 aromatic carbocycles. The maximum absolute atomic E-state index is 13.6. The van der Waals surface area contributed by atoms with Crippen LogP contribution in [-0.4, -0.2) is 0 Å². The molecule has 2 rings (SSSR count). The molecule has 0 spiro atoms. The van der Waals surface area contributed by atoms with E-state index >= 15 is 0 Å². The minimum atomic E-state index is -0.364. The lowest BCUT2D eigenvalue weighted by atomic mass is 10.0. The van der Waals surface area contributed by atoms with Gasteiger partial charge in [0.1, 0.15) is 5.82 Å². The fourth-order valence-corrected chi connectivity index (χ4v) is 2.21. The second kappa shape index (κ2) is 5.43. The zero-order chi connectivity index (χ0) is 10.8. The van der Waals surface area contributed by atoms with Crippen LogP contribution >= 0.6 is 23.7 Å². The van der Waals surface area contributed by atoms with Crippen LogP contribution in [0.25, 0.3) is 0 Å². The van der Waals surface area contributed by atoms with Gasteiger partial charge in [-0.15, -0.1) is 12.4 Å². The quantitative estimate of drug-likeness (QED) is 0.873. The molecule has 1 heterocycles. The third kappa shape index (κ3) is 2.61. The number of hydrogen-bond acceptors (Lipinski definition) is 2. The Bertz CT molecular complexity index is 456. The van der Waals surface area contributed by atoms with Crippen LogP contribution in [0.1, 0.15) is 22.7 Å². The van der Waals surface area contributed by atoms with Crippen molar-refractivity contribution >= 4 is 23.7 Å². The van der Waals surface area contributed by atoms with Gasteiger partial charge in [-0.2, -0.15) is 11.3 Å². The molecule has 1 aromatic heterocycles. The molecule has 16 heavy (non-hydrogen) atoms. The lowest BCUT2D eigenvalue weighted by molar-refractivity contribution is 0.599. The van der Waals surface area contributed by atoms with Crippen molar-refractivity contribution in [3.05, 3.63) is 57.5 Å². The van der Waals surface area contributed by atoms with Gasteiger partial charge >= 0.3 is 0 Å². The van der Waals surface area contributed by atoms with Gasteiger partial charge in [-0.1, -0.05) is 12.1 Å². The van der Waals surface area contributed by atoms with Crippen molar-refractivity contribution in [1.29, 1.82) is 0 Å². The SMILES string of the molecule is Cc1ccc([C@@H](N)c2ccsc2)c(F)c1.Cl. The van der Waals surface area contributed by atoms with Crippen molar-refractivity contribution in [1.82, 2.24) is 0 Å². The third-order valence-corrected chi connectivity index (χ3v) is 3.09. The van der Waals surface area contributed by atoms with Gasteiger partial charge in [-0.25, -0.2) is 4.39 Å². The van der Waals surface area contributed by atoms with E-state index in [2.05, 4.69) is 0 Å². The zero-order valence-corrected chi connectivity index (χ0v) is 10.4. The number of aryl methyl sites for hydroxylation is 1. The number of hydrogen-bond donors (Lipinski definition) is 1.